The van der Waals surface area contributed by atoms with Crippen molar-refractivity contribution in [2.24, 2.45) is 5.73 Å². The van der Waals surface area contributed by atoms with Gasteiger partial charge in [-0.2, -0.15) is 0 Å². The van der Waals surface area contributed by atoms with Gasteiger partial charge in [-0.25, -0.2) is 0 Å². The molecule has 0 atom stereocenters. The van der Waals surface area contributed by atoms with Gasteiger partial charge in [-0.1, -0.05) is 43.3 Å². The summed E-state index contributed by atoms with van der Waals surface area (Å²) in [4.78, 5) is 9.00. The molecule has 0 aliphatic heterocycles. The smallest absolute Gasteiger partial charge is 0.300 e. The Bertz CT molecular complexity index is 278. The van der Waals surface area contributed by atoms with Gasteiger partial charge in [0.15, 0.2) is 0 Å². The van der Waals surface area contributed by atoms with Gasteiger partial charge in [0.05, 0.1) is 0 Å². The first kappa shape index (κ1) is 17.8. The van der Waals surface area contributed by atoms with Gasteiger partial charge in [0.2, 0.25) is 0 Å². The van der Waals surface area contributed by atoms with Gasteiger partial charge in [0, 0.05) is 6.92 Å². The molecule has 3 heteroatoms. The van der Waals surface area contributed by atoms with E-state index in [1.807, 2.05) is 24.3 Å². The molecule has 0 aliphatic rings. The summed E-state index contributed by atoms with van der Waals surface area (Å²) in [7, 11) is 0. The fraction of sp³-hybridized carbons (Fsp3) is 0.357. The number of hydrogen-bond donors (Lipinski definition) is 2. The van der Waals surface area contributed by atoms with Crippen molar-refractivity contribution in [1.82, 2.24) is 0 Å². The van der Waals surface area contributed by atoms with E-state index in [1.165, 1.54) is 5.56 Å². The van der Waals surface area contributed by atoms with Crippen LogP contribution in [0.3, 0.4) is 0 Å². The highest BCUT2D eigenvalue weighted by atomic mass is 16.4. The molecule has 0 bridgehead atoms. The van der Waals surface area contributed by atoms with Crippen LogP contribution in [-0.4, -0.2) is 17.6 Å². The van der Waals surface area contributed by atoms with Crippen molar-refractivity contribution in [1.29, 1.82) is 0 Å². The average molecular weight is 237 g/mol. The molecule has 0 unspecified atom stereocenters. The van der Waals surface area contributed by atoms with Crippen LogP contribution < -0.4 is 5.73 Å². The van der Waals surface area contributed by atoms with E-state index in [0.717, 1.165) is 26.3 Å². The summed E-state index contributed by atoms with van der Waals surface area (Å²) in [6, 6.07) is 10.3. The summed E-state index contributed by atoms with van der Waals surface area (Å²) in [6.45, 7) is 7.61. The van der Waals surface area contributed by atoms with Gasteiger partial charge in [-0.3, -0.25) is 4.79 Å². The molecule has 0 aliphatic carbocycles. The number of rotatable bonds is 3. The minimum absolute atomic E-state index is 0.819. The number of benzene rings is 1. The number of aliphatic carboxylic acids is 1. The third kappa shape index (κ3) is 20.5. The Labute approximate surface area is 104 Å². The second-order valence-corrected chi connectivity index (χ2v) is 3.29. The Morgan fingerprint density at radius 2 is 1.82 bits per heavy atom. The monoisotopic (exact) mass is 237 g/mol. The third-order valence-corrected chi connectivity index (χ3v) is 1.51. The van der Waals surface area contributed by atoms with Crippen LogP contribution in [0, 0.1) is 0 Å². The SMILES string of the molecule is C=CCc1ccccc1.CC(=O)O.CCCN. The lowest BCUT2D eigenvalue weighted by atomic mass is 10.2. The van der Waals surface area contributed by atoms with Crippen LogP contribution in [0.2, 0.25) is 0 Å². The van der Waals surface area contributed by atoms with Crippen LogP contribution in [0.5, 0.6) is 0 Å². The molecule has 17 heavy (non-hydrogen) atoms. The van der Waals surface area contributed by atoms with E-state index in [1.54, 1.807) is 0 Å². The summed E-state index contributed by atoms with van der Waals surface area (Å²) < 4.78 is 0. The Balaban J connectivity index is 0. The zero-order valence-corrected chi connectivity index (χ0v) is 10.7. The molecule has 3 nitrogen and oxygen atoms in total. The molecule has 0 fully saturated rings. The van der Waals surface area contributed by atoms with Crippen molar-refractivity contribution in [3.05, 3.63) is 48.6 Å². The van der Waals surface area contributed by atoms with E-state index >= 15 is 0 Å². The van der Waals surface area contributed by atoms with Crippen LogP contribution in [0.25, 0.3) is 0 Å². The number of hydrogen-bond acceptors (Lipinski definition) is 2. The summed E-state index contributed by atoms with van der Waals surface area (Å²) in [6.07, 6.45) is 3.98. The highest BCUT2D eigenvalue weighted by molar-refractivity contribution is 5.62. The summed E-state index contributed by atoms with van der Waals surface area (Å²) in [5, 5.41) is 7.42. The molecular formula is C14H23NO2. The highest BCUT2D eigenvalue weighted by Gasteiger charge is 1.82. The fourth-order valence-electron chi connectivity index (χ4n) is 0.781. The number of carbonyl (C=O) groups is 1. The van der Waals surface area contributed by atoms with Crippen LogP contribution in [0.4, 0.5) is 0 Å². The second-order valence-electron chi connectivity index (χ2n) is 3.29. The minimum atomic E-state index is -0.833. The second kappa shape index (κ2) is 14.4. The molecule has 0 heterocycles. The molecule has 3 N–H and O–H groups in total. The first-order valence-electron chi connectivity index (χ1n) is 5.62. The molecule has 0 radical (unpaired) electrons. The Kier molecular flexibility index (Phi) is 15.0. The maximum absolute atomic E-state index is 9.00. The summed E-state index contributed by atoms with van der Waals surface area (Å²) in [5.41, 5.74) is 6.35. The molecule has 0 saturated carbocycles. The van der Waals surface area contributed by atoms with E-state index in [2.05, 4.69) is 25.6 Å². The van der Waals surface area contributed by atoms with Crippen LogP contribution in [0.1, 0.15) is 25.8 Å². The number of nitrogens with two attached hydrogens (primary N) is 1. The summed E-state index contributed by atoms with van der Waals surface area (Å²) >= 11 is 0. The van der Waals surface area contributed by atoms with E-state index in [4.69, 9.17) is 15.6 Å². The zero-order valence-electron chi connectivity index (χ0n) is 10.7. The lowest BCUT2D eigenvalue weighted by molar-refractivity contribution is -0.134. The maximum atomic E-state index is 9.00. The Morgan fingerprint density at radius 1 is 1.41 bits per heavy atom. The van der Waals surface area contributed by atoms with E-state index in [-0.39, 0.29) is 0 Å². The molecule has 0 saturated heterocycles. The van der Waals surface area contributed by atoms with Gasteiger partial charge in [0.25, 0.3) is 5.97 Å². The average Bonchev–Trinajstić information content (AvgIpc) is 2.30. The third-order valence-electron chi connectivity index (χ3n) is 1.51. The zero-order chi connectivity index (χ0) is 13.5. The van der Waals surface area contributed by atoms with Crippen LogP contribution in [-0.2, 0) is 11.2 Å². The molecule has 1 aromatic rings. The molecule has 96 valence electrons. The van der Waals surface area contributed by atoms with Gasteiger partial charge in [-0.05, 0) is 24.9 Å². The molecule has 1 rings (SSSR count). The molecule has 1 aromatic carbocycles. The van der Waals surface area contributed by atoms with Crippen molar-refractivity contribution in [2.45, 2.75) is 26.7 Å². The minimum Gasteiger partial charge on any atom is -0.481 e. The van der Waals surface area contributed by atoms with Crippen molar-refractivity contribution >= 4 is 5.97 Å². The maximum Gasteiger partial charge on any atom is 0.300 e. The fourth-order valence-corrected chi connectivity index (χ4v) is 0.781. The molecule has 0 aromatic heterocycles. The highest BCUT2D eigenvalue weighted by Crippen LogP contribution is 1.98. The molecule has 0 amide bonds. The number of allylic oxidation sites excluding steroid dienone is 1. The van der Waals surface area contributed by atoms with E-state index in [9.17, 15) is 0 Å². The lowest BCUT2D eigenvalue weighted by Crippen LogP contribution is -1.93. The molecular weight excluding hydrogens is 214 g/mol. The Morgan fingerprint density at radius 3 is 2.12 bits per heavy atom. The molecule has 0 spiro atoms. The van der Waals surface area contributed by atoms with Crippen LogP contribution in [0.15, 0.2) is 43.0 Å². The van der Waals surface area contributed by atoms with E-state index < -0.39 is 5.97 Å². The van der Waals surface area contributed by atoms with Crippen molar-refractivity contribution in [3.8, 4) is 0 Å². The van der Waals surface area contributed by atoms with Crippen molar-refractivity contribution in [3.63, 3.8) is 0 Å². The van der Waals surface area contributed by atoms with Gasteiger partial charge < -0.3 is 10.8 Å². The standard InChI is InChI=1S/C9H10.C3H9N.C2H4O2/c1-2-6-9-7-4-3-5-8-9;1-2-3-4;1-2(3)4/h2-5,7-8H,1,6H2;2-4H2,1H3;1H3,(H,3,4). The largest absolute Gasteiger partial charge is 0.481 e. The van der Waals surface area contributed by atoms with Gasteiger partial charge in [-0.15, -0.1) is 6.58 Å². The van der Waals surface area contributed by atoms with Crippen molar-refractivity contribution in [2.75, 3.05) is 6.54 Å². The number of carboxylic acid groups (broad SMARTS) is 1. The van der Waals surface area contributed by atoms with Gasteiger partial charge in [0.1, 0.15) is 0 Å². The van der Waals surface area contributed by atoms with E-state index in [0.29, 0.717) is 0 Å². The van der Waals surface area contributed by atoms with Crippen LogP contribution >= 0.6 is 0 Å². The predicted octanol–water partition coefficient (Wildman–Crippen LogP) is 2.86. The predicted molar refractivity (Wildman–Crippen MR) is 73.0 cm³/mol. The number of carboxylic acids is 1. The first-order chi connectivity index (χ1) is 8.08. The quantitative estimate of drug-likeness (QED) is 0.794. The van der Waals surface area contributed by atoms with Gasteiger partial charge >= 0.3 is 0 Å². The normalized spacial score (nSPS) is 7.94. The summed E-state index contributed by atoms with van der Waals surface area (Å²) in [5.74, 6) is -0.833. The Hall–Kier alpha value is -1.61. The first-order valence-corrected chi connectivity index (χ1v) is 5.62. The lowest BCUT2D eigenvalue weighted by Gasteiger charge is -1.91. The topological polar surface area (TPSA) is 63.3 Å². The van der Waals surface area contributed by atoms with Crippen molar-refractivity contribution < 1.29 is 9.90 Å².